The van der Waals surface area contributed by atoms with Crippen LogP contribution < -0.4 is 0 Å². The molecular formula is C10H8BrNO4. The van der Waals surface area contributed by atoms with Gasteiger partial charge in [0.05, 0.1) is 5.69 Å². The Morgan fingerprint density at radius 3 is 2.69 bits per heavy atom. The monoisotopic (exact) mass is 285 g/mol. The first-order chi connectivity index (χ1) is 7.61. The molecule has 0 amide bonds. The summed E-state index contributed by atoms with van der Waals surface area (Å²) in [5, 5.41) is 8.89. The van der Waals surface area contributed by atoms with Gasteiger partial charge in [-0.3, -0.25) is 0 Å². The van der Waals surface area contributed by atoms with Crippen LogP contribution in [0.2, 0.25) is 0 Å². The fraction of sp³-hybridized carbons (Fsp3) is 0.200. The van der Waals surface area contributed by atoms with E-state index in [-0.39, 0.29) is 11.7 Å². The molecule has 0 aliphatic heterocycles. The number of oxazole rings is 1. The van der Waals surface area contributed by atoms with E-state index in [9.17, 15) is 4.79 Å². The molecule has 0 radical (unpaired) electrons. The molecule has 84 valence electrons. The summed E-state index contributed by atoms with van der Waals surface area (Å²) in [5.74, 6) is -0.680. The van der Waals surface area contributed by atoms with Crippen LogP contribution in [0.5, 0.6) is 0 Å². The summed E-state index contributed by atoms with van der Waals surface area (Å²) in [6.07, 6.45) is 0.493. The van der Waals surface area contributed by atoms with Crippen molar-refractivity contribution >= 4 is 21.9 Å². The first-order valence-electron chi connectivity index (χ1n) is 4.60. The molecule has 0 saturated heterocycles. The molecule has 2 heterocycles. The molecule has 2 rings (SSSR count). The summed E-state index contributed by atoms with van der Waals surface area (Å²) in [5.41, 5.74) is 0.412. The number of hydrogen-bond acceptors (Lipinski definition) is 4. The predicted molar refractivity (Wildman–Crippen MR) is 58.2 cm³/mol. The van der Waals surface area contributed by atoms with Gasteiger partial charge in [0, 0.05) is 0 Å². The van der Waals surface area contributed by atoms with Crippen LogP contribution >= 0.6 is 15.9 Å². The topological polar surface area (TPSA) is 76.5 Å². The van der Waals surface area contributed by atoms with E-state index in [0.717, 1.165) is 0 Å². The maximum atomic E-state index is 10.9. The van der Waals surface area contributed by atoms with Gasteiger partial charge in [-0.05, 0) is 34.5 Å². The van der Waals surface area contributed by atoms with Crippen molar-refractivity contribution in [3.63, 3.8) is 0 Å². The van der Waals surface area contributed by atoms with E-state index in [1.807, 2.05) is 6.92 Å². The van der Waals surface area contributed by atoms with Gasteiger partial charge in [-0.25, -0.2) is 9.78 Å². The highest BCUT2D eigenvalue weighted by Gasteiger charge is 2.20. The number of hydrogen-bond donors (Lipinski definition) is 1. The lowest BCUT2D eigenvalue weighted by atomic mass is 10.3. The lowest BCUT2D eigenvalue weighted by molar-refractivity contribution is 0.0661. The van der Waals surface area contributed by atoms with E-state index in [1.54, 1.807) is 12.1 Å². The van der Waals surface area contributed by atoms with Crippen LogP contribution in [0.1, 0.15) is 23.2 Å². The molecule has 0 saturated carbocycles. The van der Waals surface area contributed by atoms with Crippen molar-refractivity contribution in [2.24, 2.45) is 0 Å². The van der Waals surface area contributed by atoms with Gasteiger partial charge in [0.25, 0.3) is 5.89 Å². The molecule has 0 atom stereocenters. The zero-order valence-corrected chi connectivity index (χ0v) is 9.94. The Hall–Kier alpha value is -1.56. The highest BCUT2D eigenvalue weighted by atomic mass is 79.9. The lowest BCUT2D eigenvalue weighted by Crippen LogP contribution is -1.98. The Morgan fingerprint density at radius 1 is 1.50 bits per heavy atom. The SMILES string of the molecule is CCc1nc(-c2ccc(Br)o2)oc1C(=O)O. The number of rotatable bonds is 3. The molecule has 5 nitrogen and oxygen atoms in total. The normalized spacial score (nSPS) is 10.6. The van der Waals surface area contributed by atoms with Gasteiger partial charge in [-0.2, -0.15) is 0 Å². The number of nitrogens with zero attached hydrogens (tertiary/aromatic N) is 1. The van der Waals surface area contributed by atoms with Crippen LogP contribution in [0.3, 0.4) is 0 Å². The number of carboxylic acids is 1. The molecule has 0 aromatic carbocycles. The number of furan rings is 1. The molecular weight excluding hydrogens is 278 g/mol. The van der Waals surface area contributed by atoms with Gasteiger partial charge < -0.3 is 13.9 Å². The van der Waals surface area contributed by atoms with Crippen molar-refractivity contribution in [1.82, 2.24) is 4.98 Å². The van der Waals surface area contributed by atoms with Crippen molar-refractivity contribution in [1.29, 1.82) is 0 Å². The predicted octanol–water partition coefficient (Wildman–Crippen LogP) is 2.96. The van der Waals surface area contributed by atoms with Crippen molar-refractivity contribution in [3.05, 3.63) is 28.3 Å². The van der Waals surface area contributed by atoms with Gasteiger partial charge >= 0.3 is 5.97 Å². The molecule has 16 heavy (non-hydrogen) atoms. The highest BCUT2D eigenvalue weighted by Crippen LogP contribution is 2.26. The summed E-state index contributed by atoms with van der Waals surface area (Å²) in [6.45, 7) is 1.81. The Bertz CT molecular complexity index is 529. The maximum absolute atomic E-state index is 10.9. The molecule has 0 aliphatic rings. The van der Waals surface area contributed by atoms with Gasteiger partial charge in [0.15, 0.2) is 10.4 Å². The highest BCUT2D eigenvalue weighted by molar-refractivity contribution is 9.10. The Morgan fingerprint density at radius 2 is 2.25 bits per heavy atom. The van der Waals surface area contributed by atoms with Crippen LogP contribution in [-0.2, 0) is 6.42 Å². The smallest absolute Gasteiger partial charge is 0.373 e. The molecule has 2 aromatic heterocycles. The number of aryl methyl sites for hydroxylation is 1. The second-order valence-corrected chi connectivity index (χ2v) is 3.84. The van der Waals surface area contributed by atoms with Crippen LogP contribution in [0.4, 0.5) is 0 Å². The van der Waals surface area contributed by atoms with E-state index in [2.05, 4.69) is 20.9 Å². The summed E-state index contributed by atoms with van der Waals surface area (Å²) < 4.78 is 10.9. The second kappa shape index (κ2) is 4.13. The quantitative estimate of drug-likeness (QED) is 0.938. The largest absolute Gasteiger partial charge is 0.475 e. The third kappa shape index (κ3) is 1.88. The van der Waals surface area contributed by atoms with Gasteiger partial charge in [0.2, 0.25) is 5.76 Å². The van der Waals surface area contributed by atoms with Crippen molar-refractivity contribution < 1.29 is 18.7 Å². The minimum absolute atomic E-state index is 0.134. The van der Waals surface area contributed by atoms with Crippen molar-refractivity contribution in [2.75, 3.05) is 0 Å². The number of carbonyl (C=O) groups is 1. The summed E-state index contributed by atoms with van der Waals surface area (Å²) in [4.78, 5) is 14.9. The standard InChI is InChI=1S/C10H8BrNO4/c1-2-5-8(10(13)14)16-9(12-5)6-3-4-7(11)15-6/h3-4H,2H2,1H3,(H,13,14). The molecule has 2 aromatic rings. The number of aromatic carboxylic acids is 1. The van der Waals surface area contributed by atoms with Crippen molar-refractivity contribution in [2.45, 2.75) is 13.3 Å². The van der Waals surface area contributed by atoms with E-state index >= 15 is 0 Å². The molecule has 0 fully saturated rings. The molecule has 0 spiro atoms. The van der Waals surface area contributed by atoms with E-state index in [1.165, 1.54) is 0 Å². The fourth-order valence-corrected chi connectivity index (χ4v) is 1.60. The Labute approximate surface area is 99.2 Å². The van der Waals surface area contributed by atoms with E-state index in [4.69, 9.17) is 13.9 Å². The van der Waals surface area contributed by atoms with E-state index in [0.29, 0.717) is 22.5 Å². The van der Waals surface area contributed by atoms with Crippen LogP contribution in [0, 0.1) is 0 Å². The lowest BCUT2D eigenvalue weighted by Gasteiger charge is -1.88. The molecule has 0 aliphatic carbocycles. The van der Waals surface area contributed by atoms with E-state index < -0.39 is 5.97 Å². The summed E-state index contributed by atoms with van der Waals surface area (Å²) in [7, 11) is 0. The minimum atomic E-state index is -1.12. The average molecular weight is 286 g/mol. The molecule has 1 N–H and O–H groups in total. The Balaban J connectivity index is 2.47. The third-order valence-corrected chi connectivity index (χ3v) is 2.44. The molecule has 0 bridgehead atoms. The zero-order valence-electron chi connectivity index (χ0n) is 8.36. The second-order valence-electron chi connectivity index (χ2n) is 3.06. The van der Waals surface area contributed by atoms with Crippen LogP contribution in [-0.4, -0.2) is 16.1 Å². The summed E-state index contributed by atoms with van der Waals surface area (Å²) in [6, 6.07) is 3.34. The minimum Gasteiger partial charge on any atom is -0.475 e. The van der Waals surface area contributed by atoms with Crippen LogP contribution in [0.25, 0.3) is 11.7 Å². The van der Waals surface area contributed by atoms with Gasteiger partial charge in [-0.1, -0.05) is 6.92 Å². The average Bonchev–Trinajstić information content (AvgIpc) is 2.82. The zero-order chi connectivity index (χ0) is 11.7. The fourth-order valence-electron chi connectivity index (χ4n) is 1.29. The number of halogens is 1. The molecule has 6 heteroatoms. The van der Waals surface area contributed by atoms with Crippen molar-refractivity contribution in [3.8, 4) is 11.7 Å². The molecule has 0 unspecified atom stereocenters. The van der Waals surface area contributed by atoms with Crippen LogP contribution in [0.15, 0.2) is 25.6 Å². The first-order valence-corrected chi connectivity index (χ1v) is 5.39. The third-order valence-electron chi connectivity index (χ3n) is 2.01. The first kappa shape index (κ1) is 10.9. The Kier molecular flexibility index (Phi) is 2.82. The number of carboxylic acid groups (broad SMARTS) is 1. The summed E-state index contributed by atoms with van der Waals surface area (Å²) >= 11 is 3.15. The maximum Gasteiger partial charge on any atom is 0.373 e. The number of aromatic nitrogens is 1. The van der Waals surface area contributed by atoms with Gasteiger partial charge in [-0.15, -0.1) is 0 Å². The van der Waals surface area contributed by atoms with Gasteiger partial charge in [0.1, 0.15) is 0 Å².